The van der Waals surface area contributed by atoms with E-state index in [0.29, 0.717) is 34.9 Å². The Morgan fingerprint density at radius 2 is 1.89 bits per heavy atom. The Balaban J connectivity index is 1.98. The molecular formula is C20H21N3O3S. The van der Waals surface area contributed by atoms with Crippen molar-refractivity contribution in [2.75, 3.05) is 12.0 Å². The Hall–Kier alpha value is -2.93. The number of hydrogen-bond acceptors (Lipinski definition) is 5. The third kappa shape index (κ3) is 3.78. The number of carbonyl (C=O) groups excluding carboxylic acids is 2. The minimum absolute atomic E-state index is 0.326. The average Bonchev–Trinajstić information content (AvgIpc) is 3.27. The topological polar surface area (TPSA) is 64.4 Å². The van der Waals surface area contributed by atoms with E-state index in [0.717, 1.165) is 4.88 Å². The van der Waals surface area contributed by atoms with E-state index in [2.05, 4.69) is 5.10 Å². The maximum atomic E-state index is 13.2. The summed E-state index contributed by atoms with van der Waals surface area (Å²) in [7, 11) is 3.34. The van der Waals surface area contributed by atoms with Crippen molar-refractivity contribution in [1.82, 2.24) is 9.78 Å². The van der Waals surface area contributed by atoms with E-state index >= 15 is 0 Å². The highest BCUT2D eigenvalue weighted by atomic mass is 32.1. The van der Waals surface area contributed by atoms with Crippen molar-refractivity contribution >= 4 is 28.7 Å². The molecule has 0 aliphatic heterocycles. The van der Waals surface area contributed by atoms with Crippen molar-refractivity contribution in [3.05, 3.63) is 63.6 Å². The molecule has 2 heterocycles. The van der Waals surface area contributed by atoms with Gasteiger partial charge in [0, 0.05) is 23.3 Å². The molecule has 0 N–H and O–H groups in total. The van der Waals surface area contributed by atoms with Gasteiger partial charge in [0.25, 0.3) is 11.7 Å². The van der Waals surface area contributed by atoms with Crippen LogP contribution in [0, 0.1) is 13.8 Å². The number of ether oxygens (including phenoxy) is 1. The van der Waals surface area contributed by atoms with E-state index in [1.54, 1.807) is 68.3 Å². The molecule has 6 nitrogen and oxygen atoms in total. The van der Waals surface area contributed by atoms with Gasteiger partial charge in [0.2, 0.25) is 0 Å². The molecule has 27 heavy (non-hydrogen) atoms. The second-order valence-corrected chi connectivity index (χ2v) is 7.20. The molecule has 1 aromatic carbocycles. The van der Waals surface area contributed by atoms with Crippen molar-refractivity contribution < 1.29 is 14.3 Å². The van der Waals surface area contributed by atoms with Crippen LogP contribution in [0.25, 0.3) is 0 Å². The standard InChI is InChI=1S/C20H21N3O3S/c1-13-18(14(2)22(3)21-13)19(24)20(25)23(12-17-6-5-11-27-17)15-7-9-16(26-4)10-8-15/h5-11H,12H2,1-4H3. The van der Waals surface area contributed by atoms with Crippen LogP contribution < -0.4 is 9.64 Å². The van der Waals surface area contributed by atoms with Gasteiger partial charge in [-0.25, -0.2) is 0 Å². The first kappa shape index (κ1) is 18.8. The lowest BCUT2D eigenvalue weighted by Gasteiger charge is -2.22. The number of rotatable bonds is 6. The van der Waals surface area contributed by atoms with E-state index in [1.807, 2.05) is 17.5 Å². The second-order valence-electron chi connectivity index (χ2n) is 6.17. The molecule has 7 heteroatoms. The van der Waals surface area contributed by atoms with Gasteiger partial charge in [-0.2, -0.15) is 5.10 Å². The number of methoxy groups -OCH3 is 1. The first-order valence-electron chi connectivity index (χ1n) is 8.45. The highest BCUT2D eigenvalue weighted by molar-refractivity contribution is 7.09. The van der Waals surface area contributed by atoms with Crippen LogP contribution in [0.5, 0.6) is 5.75 Å². The smallest absolute Gasteiger partial charge is 0.299 e. The van der Waals surface area contributed by atoms with Gasteiger partial charge in [-0.05, 0) is 49.6 Å². The van der Waals surface area contributed by atoms with Crippen LogP contribution in [0.1, 0.15) is 26.6 Å². The van der Waals surface area contributed by atoms with Crippen molar-refractivity contribution in [3.63, 3.8) is 0 Å². The molecule has 0 aliphatic rings. The Morgan fingerprint density at radius 3 is 2.41 bits per heavy atom. The van der Waals surface area contributed by atoms with Gasteiger partial charge in [-0.3, -0.25) is 14.3 Å². The Bertz CT molecular complexity index is 959. The van der Waals surface area contributed by atoms with E-state index in [1.165, 1.54) is 4.90 Å². The SMILES string of the molecule is COc1ccc(N(Cc2cccs2)C(=O)C(=O)c2c(C)nn(C)c2C)cc1. The first-order chi connectivity index (χ1) is 12.9. The zero-order chi connectivity index (χ0) is 19.6. The Morgan fingerprint density at radius 1 is 1.19 bits per heavy atom. The number of aromatic nitrogens is 2. The lowest BCUT2D eigenvalue weighted by Crippen LogP contribution is -2.36. The summed E-state index contributed by atoms with van der Waals surface area (Å²) in [5.74, 6) is -0.439. The van der Waals surface area contributed by atoms with Gasteiger partial charge in [-0.15, -0.1) is 11.3 Å². The summed E-state index contributed by atoms with van der Waals surface area (Å²) in [6.45, 7) is 3.86. The normalized spacial score (nSPS) is 10.7. The molecule has 1 amide bonds. The monoisotopic (exact) mass is 383 g/mol. The van der Waals surface area contributed by atoms with Gasteiger partial charge < -0.3 is 9.64 Å². The number of carbonyl (C=O) groups is 2. The van der Waals surface area contributed by atoms with Crippen molar-refractivity contribution in [2.45, 2.75) is 20.4 Å². The molecule has 0 fully saturated rings. The molecule has 0 atom stereocenters. The zero-order valence-corrected chi connectivity index (χ0v) is 16.5. The number of hydrogen-bond donors (Lipinski definition) is 0. The highest BCUT2D eigenvalue weighted by Gasteiger charge is 2.29. The fraction of sp³-hybridized carbons (Fsp3) is 0.250. The number of amides is 1. The lowest BCUT2D eigenvalue weighted by molar-refractivity contribution is -0.114. The third-order valence-electron chi connectivity index (χ3n) is 4.45. The minimum atomic E-state index is -0.576. The molecule has 0 saturated carbocycles. The molecule has 3 rings (SSSR count). The number of ketones is 1. The van der Waals surface area contributed by atoms with Crippen molar-refractivity contribution in [2.24, 2.45) is 7.05 Å². The second kappa shape index (κ2) is 7.75. The van der Waals surface area contributed by atoms with E-state index < -0.39 is 11.7 Å². The lowest BCUT2D eigenvalue weighted by atomic mass is 10.1. The van der Waals surface area contributed by atoms with Crippen LogP contribution in [0.3, 0.4) is 0 Å². The predicted molar refractivity (Wildman–Crippen MR) is 106 cm³/mol. The van der Waals surface area contributed by atoms with Crippen LogP contribution in [-0.2, 0) is 18.4 Å². The quantitative estimate of drug-likeness (QED) is 0.483. The summed E-state index contributed by atoms with van der Waals surface area (Å²) in [5.41, 5.74) is 2.24. The van der Waals surface area contributed by atoms with Crippen LogP contribution in [0.15, 0.2) is 41.8 Å². The molecular weight excluding hydrogens is 362 g/mol. The van der Waals surface area contributed by atoms with Crippen LogP contribution in [-0.4, -0.2) is 28.6 Å². The highest BCUT2D eigenvalue weighted by Crippen LogP contribution is 2.24. The largest absolute Gasteiger partial charge is 0.497 e. The van der Waals surface area contributed by atoms with Gasteiger partial charge in [0.05, 0.1) is 24.9 Å². The minimum Gasteiger partial charge on any atom is -0.497 e. The molecule has 0 bridgehead atoms. The number of nitrogens with zero attached hydrogens (tertiary/aromatic N) is 3. The predicted octanol–water partition coefficient (Wildman–Crippen LogP) is 3.52. The summed E-state index contributed by atoms with van der Waals surface area (Å²) in [4.78, 5) is 28.6. The molecule has 0 saturated heterocycles. The third-order valence-corrected chi connectivity index (χ3v) is 5.31. The number of benzene rings is 1. The summed E-state index contributed by atoms with van der Waals surface area (Å²) in [6.07, 6.45) is 0. The average molecular weight is 383 g/mol. The molecule has 3 aromatic rings. The molecule has 0 aliphatic carbocycles. The van der Waals surface area contributed by atoms with Crippen LogP contribution >= 0.6 is 11.3 Å². The van der Waals surface area contributed by atoms with Gasteiger partial charge in [0.15, 0.2) is 0 Å². The number of thiophene rings is 1. The molecule has 0 radical (unpaired) electrons. The summed E-state index contributed by atoms with van der Waals surface area (Å²) >= 11 is 1.54. The fourth-order valence-electron chi connectivity index (χ4n) is 2.93. The number of anilines is 1. The van der Waals surface area contributed by atoms with Gasteiger partial charge >= 0.3 is 0 Å². The van der Waals surface area contributed by atoms with Crippen molar-refractivity contribution in [3.8, 4) is 5.75 Å². The zero-order valence-electron chi connectivity index (χ0n) is 15.7. The first-order valence-corrected chi connectivity index (χ1v) is 9.33. The fourth-order valence-corrected chi connectivity index (χ4v) is 3.63. The van der Waals surface area contributed by atoms with E-state index in [9.17, 15) is 9.59 Å². The number of aryl methyl sites for hydroxylation is 2. The molecule has 0 spiro atoms. The summed E-state index contributed by atoms with van der Waals surface area (Å²) in [5, 5.41) is 6.20. The van der Waals surface area contributed by atoms with Gasteiger partial charge in [0.1, 0.15) is 5.75 Å². The maximum Gasteiger partial charge on any atom is 0.299 e. The Kier molecular flexibility index (Phi) is 5.41. The molecule has 2 aromatic heterocycles. The molecule has 140 valence electrons. The van der Waals surface area contributed by atoms with E-state index in [4.69, 9.17) is 4.74 Å². The number of Topliss-reactive ketones (excluding diaryl/α,β-unsaturated/α-hetero) is 1. The maximum absolute atomic E-state index is 13.2. The van der Waals surface area contributed by atoms with Crippen molar-refractivity contribution in [1.29, 1.82) is 0 Å². The van der Waals surface area contributed by atoms with Gasteiger partial charge in [-0.1, -0.05) is 6.07 Å². The Labute approximate surface area is 162 Å². The van der Waals surface area contributed by atoms with Crippen LogP contribution in [0.4, 0.5) is 5.69 Å². The van der Waals surface area contributed by atoms with E-state index in [-0.39, 0.29) is 0 Å². The summed E-state index contributed by atoms with van der Waals surface area (Å²) < 4.78 is 6.80. The van der Waals surface area contributed by atoms with Crippen LogP contribution in [0.2, 0.25) is 0 Å². The molecule has 0 unspecified atom stereocenters. The summed E-state index contributed by atoms with van der Waals surface area (Å²) in [6, 6.07) is 11.0.